The molecule has 0 fully saturated rings. The molecule has 1 rings (SSSR count). The Hall–Kier alpha value is -2.10. The minimum Gasteiger partial charge on any atom is -0.448 e. The van der Waals surface area contributed by atoms with Crippen molar-refractivity contribution in [3.05, 3.63) is 0 Å². The first-order valence-electron chi connectivity index (χ1n) is 5.03. The van der Waals surface area contributed by atoms with Gasteiger partial charge in [0.25, 0.3) is 0 Å². The van der Waals surface area contributed by atoms with Crippen LogP contribution in [-0.2, 0) is 0 Å². The molecule has 1 aromatic rings. The summed E-state index contributed by atoms with van der Waals surface area (Å²) in [5.74, 6) is 0.864. The van der Waals surface area contributed by atoms with Gasteiger partial charge in [0.1, 0.15) is 6.07 Å². The Morgan fingerprint density at radius 2 is 1.69 bits per heavy atom. The summed E-state index contributed by atoms with van der Waals surface area (Å²) >= 11 is 0. The first kappa shape index (κ1) is 12.0. The van der Waals surface area contributed by atoms with Crippen LogP contribution < -0.4 is 15.4 Å². The van der Waals surface area contributed by atoms with Gasteiger partial charge in [0, 0.05) is 13.1 Å². The summed E-state index contributed by atoms with van der Waals surface area (Å²) in [5.41, 5.74) is 0. The highest BCUT2D eigenvalue weighted by atomic mass is 16.5. The van der Waals surface area contributed by atoms with Crippen LogP contribution in [0.1, 0.15) is 13.8 Å². The molecule has 0 bridgehead atoms. The highest BCUT2D eigenvalue weighted by Crippen LogP contribution is 2.10. The van der Waals surface area contributed by atoms with Gasteiger partial charge in [-0.05, 0) is 13.8 Å². The Balaban J connectivity index is 2.85. The van der Waals surface area contributed by atoms with Gasteiger partial charge in [0.15, 0.2) is 6.61 Å². The summed E-state index contributed by atoms with van der Waals surface area (Å²) in [5, 5.41) is 14.3. The number of nitrogens with zero attached hydrogens (tertiary/aromatic N) is 4. The molecule has 1 heterocycles. The number of anilines is 2. The van der Waals surface area contributed by atoms with Crippen LogP contribution in [0.4, 0.5) is 11.9 Å². The van der Waals surface area contributed by atoms with Crippen LogP contribution in [0, 0.1) is 11.3 Å². The van der Waals surface area contributed by atoms with E-state index in [0.717, 1.165) is 0 Å². The second kappa shape index (κ2) is 6.40. The number of nitriles is 1. The Morgan fingerprint density at radius 1 is 1.12 bits per heavy atom. The minimum absolute atomic E-state index is 0.0822. The average Bonchev–Trinajstić information content (AvgIpc) is 2.27. The molecule has 0 radical (unpaired) electrons. The zero-order chi connectivity index (χ0) is 11.8. The molecule has 0 saturated carbocycles. The molecule has 1 aromatic heterocycles. The quantitative estimate of drug-likeness (QED) is 0.729. The summed E-state index contributed by atoms with van der Waals surface area (Å²) in [4.78, 5) is 12.1. The summed E-state index contributed by atoms with van der Waals surface area (Å²) in [7, 11) is 0. The molecule has 0 atom stereocenters. The maximum Gasteiger partial charge on any atom is 0.324 e. The van der Waals surface area contributed by atoms with Crippen LogP contribution in [-0.4, -0.2) is 34.6 Å². The van der Waals surface area contributed by atoms with Crippen molar-refractivity contribution >= 4 is 11.9 Å². The van der Waals surface area contributed by atoms with E-state index in [-0.39, 0.29) is 12.6 Å². The highest BCUT2D eigenvalue weighted by Gasteiger charge is 2.05. The topological polar surface area (TPSA) is 95.8 Å². The van der Waals surface area contributed by atoms with Crippen molar-refractivity contribution in [2.75, 3.05) is 30.3 Å². The van der Waals surface area contributed by atoms with E-state index >= 15 is 0 Å². The Labute approximate surface area is 93.9 Å². The molecule has 86 valence electrons. The predicted molar refractivity (Wildman–Crippen MR) is 59.3 cm³/mol. The van der Waals surface area contributed by atoms with Crippen molar-refractivity contribution in [2.24, 2.45) is 0 Å². The molecular weight excluding hydrogens is 208 g/mol. The normalized spacial score (nSPS) is 9.31. The molecule has 0 amide bonds. The van der Waals surface area contributed by atoms with Gasteiger partial charge < -0.3 is 15.4 Å². The number of hydrogen-bond acceptors (Lipinski definition) is 7. The fourth-order valence-corrected chi connectivity index (χ4v) is 0.992. The third-order valence-corrected chi connectivity index (χ3v) is 1.55. The molecular formula is C9H14N6O. The van der Waals surface area contributed by atoms with Gasteiger partial charge in [-0.3, -0.25) is 0 Å². The van der Waals surface area contributed by atoms with Crippen LogP contribution >= 0.6 is 0 Å². The number of aromatic nitrogens is 3. The summed E-state index contributed by atoms with van der Waals surface area (Å²) in [6, 6.07) is 2.00. The number of ether oxygens (including phenoxy) is 1. The van der Waals surface area contributed by atoms with Gasteiger partial charge >= 0.3 is 6.01 Å². The average molecular weight is 222 g/mol. The second-order valence-corrected chi connectivity index (χ2v) is 2.77. The van der Waals surface area contributed by atoms with Gasteiger partial charge in [0.05, 0.1) is 0 Å². The van der Waals surface area contributed by atoms with Crippen molar-refractivity contribution in [2.45, 2.75) is 13.8 Å². The molecule has 7 nitrogen and oxygen atoms in total. The monoisotopic (exact) mass is 222 g/mol. The van der Waals surface area contributed by atoms with Gasteiger partial charge in [-0.2, -0.15) is 20.2 Å². The van der Waals surface area contributed by atoms with E-state index in [0.29, 0.717) is 25.0 Å². The van der Waals surface area contributed by atoms with Crippen LogP contribution in [0.3, 0.4) is 0 Å². The molecule has 0 unspecified atom stereocenters. The number of rotatable bonds is 6. The lowest BCUT2D eigenvalue weighted by molar-refractivity contribution is 0.337. The lowest BCUT2D eigenvalue weighted by Crippen LogP contribution is -2.10. The zero-order valence-electron chi connectivity index (χ0n) is 9.32. The fourth-order valence-electron chi connectivity index (χ4n) is 0.992. The fraction of sp³-hybridized carbons (Fsp3) is 0.556. The van der Waals surface area contributed by atoms with E-state index in [2.05, 4.69) is 25.6 Å². The smallest absolute Gasteiger partial charge is 0.324 e. The van der Waals surface area contributed by atoms with Gasteiger partial charge in [0.2, 0.25) is 11.9 Å². The van der Waals surface area contributed by atoms with E-state index < -0.39 is 0 Å². The van der Waals surface area contributed by atoms with Crippen molar-refractivity contribution in [1.82, 2.24) is 15.0 Å². The van der Waals surface area contributed by atoms with Gasteiger partial charge in [-0.15, -0.1) is 0 Å². The van der Waals surface area contributed by atoms with E-state index in [1.807, 2.05) is 19.9 Å². The summed E-state index contributed by atoms with van der Waals surface area (Å²) in [6.07, 6.45) is 0. The maximum atomic E-state index is 8.40. The van der Waals surface area contributed by atoms with Gasteiger partial charge in [-0.25, -0.2) is 0 Å². The zero-order valence-corrected chi connectivity index (χ0v) is 9.32. The van der Waals surface area contributed by atoms with E-state index in [9.17, 15) is 0 Å². The van der Waals surface area contributed by atoms with Crippen molar-refractivity contribution in [1.29, 1.82) is 5.26 Å². The molecule has 0 aromatic carbocycles. The Bertz CT molecular complexity index is 351. The van der Waals surface area contributed by atoms with E-state index in [4.69, 9.17) is 10.00 Å². The van der Waals surface area contributed by atoms with Crippen LogP contribution in [0.2, 0.25) is 0 Å². The molecule has 0 aliphatic rings. The summed E-state index contributed by atoms with van der Waals surface area (Å²) in [6.45, 7) is 5.20. The third-order valence-electron chi connectivity index (χ3n) is 1.55. The largest absolute Gasteiger partial charge is 0.448 e. The maximum absolute atomic E-state index is 8.40. The van der Waals surface area contributed by atoms with Crippen LogP contribution in [0.25, 0.3) is 0 Å². The van der Waals surface area contributed by atoms with E-state index in [1.165, 1.54) is 0 Å². The first-order chi connectivity index (χ1) is 7.80. The molecule has 16 heavy (non-hydrogen) atoms. The van der Waals surface area contributed by atoms with Crippen molar-refractivity contribution in [3.8, 4) is 12.1 Å². The molecule has 7 heteroatoms. The number of hydrogen-bond donors (Lipinski definition) is 2. The Morgan fingerprint density at radius 3 is 2.12 bits per heavy atom. The molecule has 0 aliphatic carbocycles. The molecule has 2 N–H and O–H groups in total. The predicted octanol–water partition coefficient (Wildman–Crippen LogP) is 0.638. The molecule has 0 spiro atoms. The van der Waals surface area contributed by atoms with Crippen LogP contribution in [0.5, 0.6) is 6.01 Å². The third kappa shape index (κ3) is 3.57. The SMILES string of the molecule is CCNc1nc(NCC)nc(OCC#N)n1. The lowest BCUT2D eigenvalue weighted by atomic mass is 10.7. The summed E-state index contributed by atoms with van der Waals surface area (Å²) < 4.78 is 5.03. The first-order valence-corrected chi connectivity index (χ1v) is 5.03. The van der Waals surface area contributed by atoms with Crippen molar-refractivity contribution in [3.63, 3.8) is 0 Å². The number of nitrogens with one attached hydrogen (secondary N) is 2. The second-order valence-electron chi connectivity index (χ2n) is 2.77. The van der Waals surface area contributed by atoms with Gasteiger partial charge in [-0.1, -0.05) is 0 Å². The highest BCUT2D eigenvalue weighted by molar-refractivity contribution is 5.35. The minimum atomic E-state index is -0.0822. The Kier molecular flexibility index (Phi) is 4.79. The van der Waals surface area contributed by atoms with Crippen molar-refractivity contribution < 1.29 is 4.74 Å². The molecule has 0 saturated heterocycles. The lowest BCUT2D eigenvalue weighted by Gasteiger charge is -2.07. The standard InChI is InChI=1S/C9H14N6O/c1-3-11-7-13-8(12-4-2)15-9(14-7)16-6-5-10/h3-4,6H2,1-2H3,(H2,11,12,13,14,15). The molecule has 0 aliphatic heterocycles. The van der Waals surface area contributed by atoms with E-state index in [1.54, 1.807) is 0 Å². The van der Waals surface area contributed by atoms with Crippen LogP contribution in [0.15, 0.2) is 0 Å².